The first kappa shape index (κ1) is 11.4. The molecule has 84 valence electrons. The predicted octanol–water partition coefficient (Wildman–Crippen LogP) is 2.44. The summed E-state index contributed by atoms with van der Waals surface area (Å²) in [7, 11) is 4.32. The Hall–Kier alpha value is -0.130. The number of thiazole rings is 1. The summed E-state index contributed by atoms with van der Waals surface area (Å²) in [4.78, 5) is 9.18. The van der Waals surface area contributed by atoms with Crippen LogP contribution in [-0.4, -0.2) is 43.1 Å². The number of piperidine rings is 1. The molecule has 0 bridgehead atoms. The Bertz CT molecular complexity index is 326. The molecule has 0 aromatic carbocycles. The van der Waals surface area contributed by atoms with E-state index in [4.69, 9.17) is 0 Å². The summed E-state index contributed by atoms with van der Waals surface area (Å²) < 4.78 is 0.953. The van der Waals surface area contributed by atoms with Crippen molar-refractivity contribution in [2.45, 2.75) is 18.9 Å². The first-order chi connectivity index (χ1) is 7.16. The molecule has 0 saturated carbocycles. The van der Waals surface area contributed by atoms with Gasteiger partial charge in [0.05, 0.1) is 0 Å². The Balaban J connectivity index is 2.04. The minimum absolute atomic E-state index is 0.668. The molecule has 1 atom stereocenters. The minimum atomic E-state index is 0.668. The van der Waals surface area contributed by atoms with Crippen molar-refractivity contribution in [3.63, 3.8) is 0 Å². The largest absolute Gasteiger partial charge is 0.346 e. The average Bonchev–Trinajstić information content (AvgIpc) is 2.65. The Morgan fingerprint density at radius 2 is 2.40 bits per heavy atom. The number of nitrogens with zero attached hydrogens (tertiary/aromatic N) is 3. The highest BCUT2D eigenvalue weighted by Crippen LogP contribution is 2.26. The van der Waals surface area contributed by atoms with Crippen LogP contribution in [0.2, 0.25) is 0 Å². The molecule has 0 radical (unpaired) electrons. The molecule has 1 unspecified atom stereocenters. The summed E-state index contributed by atoms with van der Waals surface area (Å²) in [6.45, 7) is 2.25. The lowest BCUT2D eigenvalue weighted by Crippen LogP contribution is -2.45. The van der Waals surface area contributed by atoms with Crippen LogP contribution in [0.4, 0.5) is 5.13 Å². The summed E-state index contributed by atoms with van der Waals surface area (Å²) in [6, 6.07) is 0.668. The zero-order valence-corrected chi connectivity index (χ0v) is 11.5. The maximum Gasteiger partial charge on any atom is 0.186 e. The van der Waals surface area contributed by atoms with Crippen LogP contribution in [-0.2, 0) is 0 Å². The van der Waals surface area contributed by atoms with Gasteiger partial charge in [0.2, 0.25) is 0 Å². The fourth-order valence-corrected chi connectivity index (χ4v) is 3.23. The van der Waals surface area contributed by atoms with Crippen molar-refractivity contribution in [1.29, 1.82) is 0 Å². The SMILES string of the molecule is CN(C)C1CCCN(c2nc(Br)cs2)C1. The Morgan fingerprint density at radius 3 is 3.00 bits per heavy atom. The summed E-state index contributed by atoms with van der Waals surface area (Å²) in [6.07, 6.45) is 2.57. The second kappa shape index (κ2) is 4.80. The smallest absolute Gasteiger partial charge is 0.186 e. The molecule has 1 aliphatic heterocycles. The van der Waals surface area contributed by atoms with Gasteiger partial charge in [-0.1, -0.05) is 0 Å². The lowest BCUT2D eigenvalue weighted by Gasteiger charge is -2.35. The van der Waals surface area contributed by atoms with Gasteiger partial charge in [0.25, 0.3) is 0 Å². The summed E-state index contributed by atoms with van der Waals surface area (Å²) >= 11 is 5.12. The van der Waals surface area contributed by atoms with E-state index in [0.29, 0.717) is 6.04 Å². The second-order valence-corrected chi connectivity index (χ2v) is 5.81. The van der Waals surface area contributed by atoms with Crippen LogP contribution in [0, 0.1) is 0 Å². The third-order valence-corrected chi connectivity index (χ3v) is 4.47. The monoisotopic (exact) mass is 289 g/mol. The summed E-state index contributed by atoms with van der Waals surface area (Å²) in [5.41, 5.74) is 0. The maximum atomic E-state index is 4.47. The molecule has 0 N–H and O–H groups in total. The fourth-order valence-electron chi connectivity index (χ4n) is 1.94. The van der Waals surface area contributed by atoms with Crippen molar-refractivity contribution in [3.8, 4) is 0 Å². The van der Waals surface area contributed by atoms with E-state index in [-0.39, 0.29) is 0 Å². The number of hydrogen-bond donors (Lipinski definition) is 0. The molecule has 1 aromatic rings. The van der Waals surface area contributed by atoms with Gasteiger partial charge in [-0.3, -0.25) is 0 Å². The maximum absolute atomic E-state index is 4.47. The third-order valence-electron chi connectivity index (χ3n) is 2.86. The van der Waals surface area contributed by atoms with E-state index in [1.807, 2.05) is 0 Å². The molecule has 1 saturated heterocycles. The number of halogens is 1. The molecular weight excluding hydrogens is 274 g/mol. The van der Waals surface area contributed by atoms with Crippen LogP contribution in [0.5, 0.6) is 0 Å². The highest BCUT2D eigenvalue weighted by atomic mass is 79.9. The van der Waals surface area contributed by atoms with E-state index in [1.54, 1.807) is 11.3 Å². The molecular formula is C10H16BrN3S. The lowest BCUT2D eigenvalue weighted by molar-refractivity contribution is 0.258. The van der Waals surface area contributed by atoms with Gasteiger partial charge in [0.1, 0.15) is 4.60 Å². The van der Waals surface area contributed by atoms with Crippen molar-refractivity contribution in [3.05, 3.63) is 9.98 Å². The molecule has 0 aliphatic carbocycles. The molecule has 1 aromatic heterocycles. The minimum Gasteiger partial charge on any atom is -0.346 e. The zero-order chi connectivity index (χ0) is 10.8. The number of aromatic nitrogens is 1. The predicted molar refractivity (Wildman–Crippen MR) is 68.7 cm³/mol. The van der Waals surface area contributed by atoms with Gasteiger partial charge in [-0.15, -0.1) is 11.3 Å². The molecule has 1 aliphatic rings. The molecule has 5 heteroatoms. The fraction of sp³-hybridized carbons (Fsp3) is 0.700. The number of hydrogen-bond acceptors (Lipinski definition) is 4. The van der Waals surface area contributed by atoms with Crippen LogP contribution in [0.15, 0.2) is 9.98 Å². The molecule has 0 spiro atoms. The second-order valence-electron chi connectivity index (χ2n) is 4.16. The van der Waals surface area contributed by atoms with Gasteiger partial charge >= 0.3 is 0 Å². The van der Waals surface area contributed by atoms with E-state index in [0.717, 1.165) is 22.8 Å². The Morgan fingerprint density at radius 1 is 1.60 bits per heavy atom. The van der Waals surface area contributed by atoms with Crippen LogP contribution < -0.4 is 4.90 Å². The first-order valence-electron chi connectivity index (χ1n) is 5.19. The van der Waals surface area contributed by atoms with Crippen LogP contribution in [0.3, 0.4) is 0 Å². The molecule has 3 nitrogen and oxygen atoms in total. The van der Waals surface area contributed by atoms with Gasteiger partial charge in [-0.05, 0) is 42.9 Å². The topological polar surface area (TPSA) is 19.4 Å². The van der Waals surface area contributed by atoms with Gasteiger partial charge in [-0.25, -0.2) is 4.98 Å². The van der Waals surface area contributed by atoms with E-state index in [1.165, 1.54) is 12.8 Å². The third kappa shape index (κ3) is 2.71. The van der Waals surface area contributed by atoms with Crippen molar-refractivity contribution in [2.24, 2.45) is 0 Å². The van der Waals surface area contributed by atoms with Crippen LogP contribution in [0.25, 0.3) is 0 Å². The number of likely N-dealkylation sites (N-methyl/N-ethyl adjacent to an activating group) is 1. The number of anilines is 1. The van der Waals surface area contributed by atoms with E-state index in [2.05, 4.69) is 50.2 Å². The van der Waals surface area contributed by atoms with Gasteiger partial charge in [0.15, 0.2) is 5.13 Å². The quantitative estimate of drug-likeness (QED) is 0.834. The van der Waals surface area contributed by atoms with Crippen molar-refractivity contribution in [1.82, 2.24) is 9.88 Å². The van der Waals surface area contributed by atoms with Crippen LogP contribution >= 0.6 is 27.3 Å². The van der Waals surface area contributed by atoms with Gasteiger partial charge < -0.3 is 9.80 Å². The van der Waals surface area contributed by atoms with Crippen molar-refractivity contribution < 1.29 is 0 Å². The van der Waals surface area contributed by atoms with E-state index < -0.39 is 0 Å². The van der Waals surface area contributed by atoms with E-state index in [9.17, 15) is 0 Å². The highest BCUT2D eigenvalue weighted by molar-refractivity contribution is 9.10. The molecule has 0 amide bonds. The normalized spacial score (nSPS) is 22.4. The Labute approximate surface area is 103 Å². The summed E-state index contributed by atoms with van der Waals surface area (Å²) in [5.74, 6) is 0. The Kier molecular flexibility index (Phi) is 3.64. The standard InChI is InChI=1S/C10H16BrN3S/c1-13(2)8-4-3-5-14(6-8)10-12-9(11)7-15-10/h7-8H,3-6H2,1-2H3. The van der Waals surface area contributed by atoms with Gasteiger partial charge in [-0.2, -0.15) is 0 Å². The molecule has 15 heavy (non-hydrogen) atoms. The molecule has 2 heterocycles. The first-order valence-corrected chi connectivity index (χ1v) is 6.86. The van der Waals surface area contributed by atoms with Crippen molar-refractivity contribution in [2.75, 3.05) is 32.1 Å². The van der Waals surface area contributed by atoms with Crippen LogP contribution in [0.1, 0.15) is 12.8 Å². The number of rotatable bonds is 2. The molecule has 2 rings (SSSR count). The highest BCUT2D eigenvalue weighted by Gasteiger charge is 2.22. The lowest BCUT2D eigenvalue weighted by atomic mass is 10.1. The van der Waals surface area contributed by atoms with Crippen molar-refractivity contribution >= 4 is 32.4 Å². The zero-order valence-electron chi connectivity index (χ0n) is 9.11. The summed E-state index contributed by atoms with van der Waals surface area (Å²) in [5, 5.41) is 3.20. The average molecular weight is 290 g/mol. The molecule has 1 fully saturated rings. The van der Waals surface area contributed by atoms with Gasteiger partial charge in [0, 0.05) is 24.5 Å². The van der Waals surface area contributed by atoms with E-state index >= 15 is 0 Å².